The molecule has 106 valence electrons. The maximum atomic E-state index is 11.5. The maximum Gasteiger partial charge on any atom is 0.306 e. The Morgan fingerprint density at radius 2 is 1.67 bits per heavy atom. The van der Waals surface area contributed by atoms with E-state index < -0.39 is 0 Å². The average Bonchev–Trinajstić information content (AvgIpc) is 2.30. The molecule has 1 atom stereocenters. The van der Waals surface area contributed by atoms with E-state index in [1.54, 1.807) is 6.92 Å². The van der Waals surface area contributed by atoms with Crippen LogP contribution in [0.1, 0.15) is 78.6 Å². The number of hydrogen-bond acceptors (Lipinski definition) is 3. The Balaban J connectivity index is 3.46. The molecular formula is C15H28O3. The molecule has 0 aliphatic rings. The fourth-order valence-electron chi connectivity index (χ4n) is 1.84. The fraction of sp³-hybridized carbons (Fsp3) is 0.867. The van der Waals surface area contributed by atoms with Crippen LogP contribution in [0.5, 0.6) is 0 Å². The van der Waals surface area contributed by atoms with Crippen molar-refractivity contribution in [1.82, 2.24) is 0 Å². The minimum atomic E-state index is -0.124. The van der Waals surface area contributed by atoms with E-state index in [1.165, 1.54) is 19.3 Å². The molecule has 0 fully saturated rings. The lowest BCUT2D eigenvalue weighted by molar-refractivity contribution is -0.148. The van der Waals surface area contributed by atoms with Crippen molar-refractivity contribution >= 4 is 11.8 Å². The lowest BCUT2D eigenvalue weighted by Gasteiger charge is -2.12. The second-order valence-electron chi connectivity index (χ2n) is 5.06. The van der Waals surface area contributed by atoms with Gasteiger partial charge in [0.25, 0.3) is 0 Å². The Morgan fingerprint density at radius 3 is 2.28 bits per heavy atom. The topological polar surface area (TPSA) is 43.4 Å². The van der Waals surface area contributed by atoms with Gasteiger partial charge in [-0.05, 0) is 39.5 Å². The molecule has 18 heavy (non-hydrogen) atoms. The number of ether oxygens (including phenoxy) is 1. The first-order valence-electron chi connectivity index (χ1n) is 7.25. The van der Waals surface area contributed by atoms with Crippen molar-refractivity contribution in [2.45, 2.75) is 84.7 Å². The second kappa shape index (κ2) is 11.2. The molecule has 1 unspecified atom stereocenters. The molecule has 0 aliphatic carbocycles. The molecule has 0 rings (SSSR count). The number of carbonyl (C=O) groups is 2. The first kappa shape index (κ1) is 17.1. The standard InChI is InChI=1S/C15H28O3/c1-4-5-6-7-11-14(3)18-15(17)12-9-8-10-13(2)16/h14H,4-12H2,1-3H3. The number of rotatable bonds is 11. The second-order valence-corrected chi connectivity index (χ2v) is 5.06. The molecule has 0 saturated heterocycles. The molecule has 0 radical (unpaired) electrons. The monoisotopic (exact) mass is 256 g/mol. The molecule has 0 amide bonds. The minimum absolute atomic E-state index is 0.0298. The van der Waals surface area contributed by atoms with Gasteiger partial charge < -0.3 is 9.53 Å². The first-order valence-corrected chi connectivity index (χ1v) is 7.25. The van der Waals surface area contributed by atoms with Gasteiger partial charge in [-0.2, -0.15) is 0 Å². The zero-order valence-electron chi connectivity index (χ0n) is 12.2. The summed E-state index contributed by atoms with van der Waals surface area (Å²) >= 11 is 0. The summed E-state index contributed by atoms with van der Waals surface area (Å²) in [4.78, 5) is 22.2. The van der Waals surface area contributed by atoms with Gasteiger partial charge in [-0.25, -0.2) is 0 Å². The van der Waals surface area contributed by atoms with E-state index in [9.17, 15) is 9.59 Å². The van der Waals surface area contributed by atoms with Crippen molar-refractivity contribution in [2.24, 2.45) is 0 Å². The number of carbonyl (C=O) groups excluding carboxylic acids is 2. The van der Waals surface area contributed by atoms with Crippen molar-refractivity contribution in [3.8, 4) is 0 Å². The van der Waals surface area contributed by atoms with E-state index in [1.807, 2.05) is 6.92 Å². The summed E-state index contributed by atoms with van der Waals surface area (Å²) in [5.41, 5.74) is 0. The van der Waals surface area contributed by atoms with Crippen LogP contribution in [0.2, 0.25) is 0 Å². The van der Waals surface area contributed by atoms with Gasteiger partial charge in [-0.3, -0.25) is 4.79 Å². The molecule has 3 heteroatoms. The molecule has 0 bridgehead atoms. The SMILES string of the molecule is CCCCCCC(C)OC(=O)CCCCC(C)=O. The van der Waals surface area contributed by atoms with Gasteiger partial charge >= 0.3 is 5.97 Å². The summed E-state index contributed by atoms with van der Waals surface area (Å²) in [7, 11) is 0. The normalized spacial score (nSPS) is 12.2. The zero-order chi connectivity index (χ0) is 13.8. The van der Waals surface area contributed by atoms with Crippen molar-refractivity contribution in [3.63, 3.8) is 0 Å². The molecule has 0 saturated carbocycles. The summed E-state index contributed by atoms with van der Waals surface area (Å²) in [6.07, 6.45) is 8.36. The third-order valence-corrected chi connectivity index (χ3v) is 2.96. The molecule has 0 aromatic heterocycles. The van der Waals surface area contributed by atoms with Gasteiger partial charge in [-0.15, -0.1) is 0 Å². The highest BCUT2D eigenvalue weighted by Gasteiger charge is 2.09. The zero-order valence-corrected chi connectivity index (χ0v) is 12.2. The maximum absolute atomic E-state index is 11.5. The van der Waals surface area contributed by atoms with Crippen molar-refractivity contribution in [1.29, 1.82) is 0 Å². The van der Waals surface area contributed by atoms with Crippen LogP contribution in [-0.2, 0) is 14.3 Å². The van der Waals surface area contributed by atoms with E-state index in [2.05, 4.69) is 6.92 Å². The van der Waals surface area contributed by atoms with Crippen LogP contribution >= 0.6 is 0 Å². The Morgan fingerprint density at radius 1 is 1.00 bits per heavy atom. The fourth-order valence-corrected chi connectivity index (χ4v) is 1.84. The summed E-state index contributed by atoms with van der Waals surface area (Å²) in [6.45, 7) is 5.72. The minimum Gasteiger partial charge on any atom is -0.463 e. The number of Topliss-reactive ketones (excluding diaryl/α,β-unsaturated/α-hetero) is 1. The van der Waals surface area contributed by atoms with E-state index >= 15 is 0 Å². The van der Waals surface area contributed by atoms with Crippen LogP contribution in [0.25, 0.3) is 0 Å². The lowest BCUT2D eigenvalue weighted by atomic mass is 10.1. The van der Waals surface area contributed by atoms with E-state index in [4.69, 9.17) is 4.74 Å². The molecular weight excluding hydrogens is 228 g/mol. The van der Waals surface area contributed by atoms with E-state index in [0.29, 0.717) is 12.8 Å². The van der Waals surface area contributed by atoms with Gasteiger partial charge in [0.05, 0.1) is 6.10 Å². The van der Waals surface area contributed by atoms with Crippen LogP contribution < -0.4 is 0 Å². The van der Waals surface area contributed by atoms with Gasteiger partial charge in [0.1, 0.15) is 5.78 Å². The van der Waals surface area contributed by atoms with Gasteiger partial charge in [0, 0.05) is 12.8 Å². The van der Waals surface area contributed by atoms with Gasteiger partial charge in [-0.1, -0.05) is 26.2 Å². The summed E-state index contributed by atoms with van der Waals surface area (Å²) in [5, 5.41) is 0. The predicted molar refractivity (Wildman–Crippen MR) is 73.5 cm³/mol. The Hall–Kier alpha value is -0.860. The van der Waals surface area contributed by atoms with Crippen LogP contribution in [0, 0.1) is 0 Å². The van der Waals surface area contributed by atoms with E-state index in [0.717, 1.165) is 25.7 Å². The smallest absolute Gasteiger partial charge is 0.306 e. The molecule has 0 aliphatic heterocycles. The molecule has 0 heterocycles. The molecule has 0 aromatic carbocycles. The van der Waals surface area contributed by atoms with E-state index in [-0.39, 0.29) is 17.9 Å². The summed E-state index contributed by atoms with van der Waals surface area (Å²) in [5.74, 6) is 0.0641. The number of unbranched alkanes of at least 4 members (excludes halogenated alkanes) is 4. The van der Waals surface area contributed by atoms with Crippen LogP contribution in [0.4, 0.5) is 0 Å². The highest BCUT2D eigenvalue weighted by atomic mass is 16.5. The highest BCUT2D eigenvalue weighted by Crippen LogP contribution is 2.10. The van der Waals surface area contributed by atoms with Crippen molar-refractivity contribution in [2.75, 3.05) is 0 Å². The summed E-state index contributed by atoms with van der Waals surface area (Å²) < 4.78 is 5.31. The predicted octanol–water partition coefficient (Wildman–Crippen LogP) is 4.04. The van der Waals surface area contributed by atoms with Crippen molar-refractivity contribution < 1.29 is 14.3 Å². The Kier molecular flexibility index (Phi) is 10.7. The van der Waals surface area contributed by atoms with Crippen LogP contribution in [-0.4, -0.2) is 17.9 Å². The van der Waals surface area contributed by atoms with Crippen LogP contribution in [0.15, 0.2) is 0 Å². The number of ketones is 1. The average molecular weight is 256 g/mol. The number of esters is 1. The summed E-state index contributed by atoms with van der Waals surface area (Å²) in [6, 6.07) is 0. The molecule has 0 aromatic rings. The Bertz CT molecular complexity index is 236. The molecule has 0 N–H and O–H groups in total. The lowest BCUT2D eigenvalue weighted by Crippen LogP contribution is -2.14. The largest absolute Gasteiger partial charge is 0.463 e. The quantitative estimate of drug-likeness (QED) is 0.414. The van der Waals surface area contributed by atoms with Crippen molar-refractivity contribution in [3.05, 3.63) is 0 Å². The van der Waals surface area contributed by atoms with Gasteiger partial charge in [0.2, 0.25) is 0 Å². The third-order valence-electron chi connectivity index (χ3n) is 2.96. The molecule has 0 spiro atoms. The van der Waals surface area contributed by atoms with Gasteiger partial charge in [0.15, 0.2) is 0 Å². The van der Waals surface area contributed by atoms with Crippen LogP contribution in [0.3, 0.4) is 0 Å². The highest BCUT2D eigenvalue weighted by molar-refractivity contribution is 5.75. The first-order chi connectivity index (χ1) is 8.56. The molecule has 3 nitrogen and oxygen atoms in total. The third kappa shape index (κ3) is 11.6. The Labute approximate surface area is 111 Å². The number of hydrogen-bond donors (Lipinski definition) is 0.